The minimum Gasteiger partial charge on any atom is -0.316 e. The largest absolute Gasteiger partial charge is 0.316 e. The van der Waals surface area contributed by atoms with Gasteiger partial charge in [0.05, 0.1) is 0 Å². The number of benzene rings is 1. The molecule has 0 aliphatic carbocycles. The second-order valence-corrected chi connectivity index (χ2v) is 6.73. The summed E-state index contributed by atoms with van der Waals surface area (Å²) in [7, 11) is 2.06. The molecule has 1 unspecified atom stereocenters. The quantitative estimate of drug-likeness (QED) is 0.845. The molecule has 0 aliphatic rings. The molecule has 1 nitrogen and oxygen atoms in total. The van der Waals surface area contributed by atoms with Crippen molar-refractivity contribution in [1.82, 2.24) is 5.32 Å². The smallest absolute Gasteiger partial charge is 0.0128 e. The molecular formula is C17H29N. The first kappa shape index (κ1) is 15.2. The minimum atomic E-state index is 0.240. The highest BCUT2D eigenvalue weighted by Crippen LogP contribution is 2.25. The van der Waals surface area contributed by atoms with Crippen LogP contribution >= 0.6 is 0 Å². The Kier molecular flexibility index (Phi) is 4.98. The van der Waals surface area contributed by atoms with E-state index in [2.05, 4.69) is 72.1 Å². The van der Waals surface area contributed by atoms with Gasteiger partial charge in [0, 0.05) is 6.04 Å². The zero-order chi connectivity index (χ0) is 13.9. The van der Waals surface area contributed by atoms with Crippen LogP contribution < -0.4 is 5.32 Å². The van der Waals surface area contributed by atoms with E-state index >= 15 is 0 Å². The Morgan fingerprint density at radius 3 is 2.17 bits per heavy atom. The van der Waals surface area contributed by atoms with Gasteiger partial charge in [-0.1, -0.05) is 52.8 Å². The molecule has 1 atom stereocenters. The molecule has 0 amide bonds. The predicted octanol–water partition coefficient (Wildman–Crippen LogP) is 4.08. The Balaban J connectivity index is 2.93. The van der Waals surface area contributed by atoms with Gasteiger partial charge in [0.25, 0.3) is 0 Å². The van der Waals surface area contributed by atoms with Gasteiger partial charge in [0.15, 0.2) is 0 Å². The Morgan fingerprint density at radius 1 is 1.17 bits per heavy atom. The normalized spacial score (nSPS) is 14.0. The van der Waals surface area contributed by atoms with Crippen molar-refractivity contribution in [3.05, 3.63) is 34.9 Å². The zero-order valence-electron chi connectivity index (χ0n) is 13.1. The molecule has 0 radical (unpaired) electrons. The molecule has 1 N–H and O–H groups in total. The molecule has 1 rings (SSSR count). The van der Waals surface area contributed by atoms with Crippen LogP contribution in [-0.4, -0.2) is 13.1 Å². The van der Waals surface area contributed by atoms with Gasteiger partial charge in [-0.3, -0.25) is 0 Å². The third kappa shape index (κ3) is 3.84. The molecule has 102 valence electrons. The van der Waals surface area contributed by atoms with E-state index in [1.807, 2.05) is 0 Å². The Morgan fingerprint density at radius 2 is 1.78 bits per heavy atom. The van der Waals surface area contributed by atoms with Gasteiger partial charge < -0.3 is 5.32 Å². The fraction of sp³-hybridized carbons (Fsp3) is 0.647. The van der Waals surface area contributed by atoms with Crippen LogP contribution in [0.1, 0.15) is 51.3 Å². The molecule has 0 saturated carbocycles. The van der Waals surface area contributed by atoms with Gasteiger partial charge in [0.1, 0.15) is 0 Å². The molecule has 0 aliphatic heterocycles. The summed E-state index contributed by atoms with van der Waals surface area (Å²) in [5, 5.41) is 3.42. The van der Waals surface area contributed by atoms with Crippen LogP contribution in [0.15, 0.2) is 18.2 Å². The Hall–Kier alpha value is -0.820. The van der Waals surface area contributed by atoms with Crippen LogP contribution in [0.4, 0.5) is 0 Å². The molecule has 0 aromatic heterocycles. The van der Waals surface area contributed by atoms with Crippen LogP contribution in [-0.2, 0) is 11.8 Å². The van der Waals surface area contributed by atoms with Crippen molar-refractivity contribution in [2.45, 2.75) is 59.4 Å². The van der Waals surface area contributed by atoms with E-state index in [-0.39, 0.29) is 5.41 Å². The van der Waals surface area contributed by atoms with Gasteiger partial charge in [-0.2, -0.15) is 0 Å². The first-order chi connectivity index (χ1) is 8.25. The number of likely N-dealkylation sites (N-methyl/N-ethyl adjacent to an activating group) is 1. The molecule has 0 spiro atoms. The lowest BCUT2D eigenvalue weighted by atomic mass is 9.84. The van der Waals surface area contributed by atoms with Crippen molar-refractivity contribution in [3.8, 4) is 0 Å². The van der Waals surface area contributed by atoms with Crippen LogP contribution in [0.3, 0.4) is 0 Å². The SMILES string of the molecule is CNC(Cc1ccc(C(C)(C)C)cc1C)C(C)C. The molecule has 1 heteroatoms. The van der Waals surface area contributed by atoms with E-state index in [4.69, 9.17) is 0 Å². The highest BCUT2D eigenvalue weighted by molar-refractivity contribution is 5.35. The van der Waals surface area contributed by atoms with Crippen molar-refractivity contribution in [3.63, 3.8) is 0 Å². The summed E-state index contributed by atoms with van der Waals surface area (Å²) in [5.41, 5.74) is 4.55. The van der Waals surface area contributed by atoms with Gasteiger partial charge in [0.2, 0.25) is 0 Å². The summed E-state index contributed by atoms with van der Waals surface area (Å²) in [6, 6.07) is 7.50. The molecule has 0 bridgehead atoms. The number of hydrogen-bond acceptors (Lipinski definition) is 1. The van der Waals surface area contributed by atoms with Crippen LogP contribution in [0.25, 0.3) is 0 Å². The third-order valence-corrected chi connectivity index (χ3v) is 3.82. The predicted molar refractivity (Wildman–Crippen MR) is 81.3 cm³/mol. The number of aryl methyl sites for hydroxylation is 1. The Bertz CT molecular complexity index is 385. The van der Waals surface area contributed by atoms with Crippen molar-refractivity contribution < 1.29 is 0 Å². The van der Waals surface area contributed by atoms with E-state index in [9.17, 15) is 0 Å². The fourth-order valence-corrected chi connectivity index (χ4v) is 2.30. The molecule has 0 heterocycles. The van der Waals surface area contributed by atoms with Crippen molar-refractivity contribution in [2.24, 2.45) is 5.92 Å². The van der Waals surface area contributed by atoms with Gasteiger partial charge in [-0.05, 0) is 48.4 Å². The second-order valence-electron chi connectivity index (χ2n) is 6.73. The summed E-state index contributed by atoms with van der Waals surface area (Å²) in [5.74, 6) is 0.664. The fourth-order valence-electron chi connectivity index (χ4n) is 2.30. The summed E-state index contributed by atoms with van der Waals surface area (Å²) < 4.78 is 0. The molecule has 0 saturated heterocycles. The summed E-state index contributed by atoms with van der Waals surface area (Å²) in [6.45, 7) is 13.6. The number of rotatable bonds is 4. The van der Waals surface area contributed by atoms with Crippen LogP contribution in [0.5, 0.6) is 0 Å². The van der Waals surface area contributed by atoms with E-state index < -0.39 is 0 Å². The van der Waals surface area contributed by atoms with E-state index in [1.54, 1.807) is 0 Å². The zero-order valence-corrected chi connectivity index (χ0v) is 13.1. The lowest BCUT2D eigenvalue weighted by molar-refractivity contribution is 0.424. The average Bonchev–Trinajstić information content (AvgIpc) is 2.25. The lowest BCUT2D eigenvalue weighted by Gasteiger charge is -2.24. The van der Waals surface area contributed by atoms with E-state index in [1.165, 1.54) is 16.7 Å². The molecule has 1 aromatic carbocycles. The highest BCUT2D eigenvalue weighted by atomic mass is 14.9. The summed E-state index contributed by atoms with van der Waals surface area (Å²) >= 11 is 0. The average molecular weight is 247 g/mol. The van der Waals surface area contributed by atoms with Crippen LogP contribution in [0, 0.1) is 12.8 Å². The van der Waals surface area contributed by atoms with Crippen molar-refractivity contribution in [1.29, 1.82) is 0 Å². The maximum Gasteiger partial charge on any atom is 0.0128 e. The number of hydrogen-bond donors (Lipinski definition) is 1. The maximum absolute atomic E-state index is 3.42. The van der Waals surface area contributed by atoms with E-state index in [0.29, 0.717) is 12.0 Å². The van der Waals surface area contributed by atoms with Gasteiger partial charge >= 0.3 is 0 Å². The van der Waals surface area contributed by atoms with Crippen molar-refractivity contribution in [2.75, 3.05) is 7.05 Å². The third-order valence-electron chi connectivity index (χ3n) is 3.82. The van der Waals surface area contributed by atoms with Crippen LogP contribution in [0.2, 0.25) is 0 Å². The minimum absolute atomic E-state index is 0.240. The molecule has 0 fully saturated rings. The maximum atomic E-state index is 3.42. The first-order valence-corrected chi connectivity index (χ1v) is 7.03. The number of nitrogens with one attached hydrogen (secondary N) is 1. The topological polar surface area (TPSA) is 12.0 Å². The molecule has 1 aromatic rings. The highest BCUT2D eigenvalue weighted by Gasteiger charge is 2.16. The second kappa shape index (κ2) is 5.88. The summed E-state index contributed by atoms with van der Waals surface area (Å²) in [6.07, 6.45) is 1.12. The van der Waals surface area contributed by atoms with Crippen molar-refractivity contribution >= 4 is 0 Å². The summed E-state index contributed by atoms with van der Waals surface area (Å²) in [4.78, 5) is 0. The van der Waals surface area contributed by atoms with Gasteiger partial charge in [-0.15, -0.1) is 0 Å². The molecular weight excluding hydrogens is 218 g/mol. The van der Waals surface area contributed by atoms with E-state index in [0.717, 1.165) is 6.42 Å². The molecule has 18 heavy (non-hydrogen) atoms. The standard InChI is InChI=1S/C17H29N/c1-12(2)16(18-7)11-14-8-9-15(10-13(14)3)17(4,5)6/h8-10,12,16,18H,11H2,1-7H3. The monoisotopic (exact) mass is 247 g/mol. The lowest BCUT2D eigenvalue weighted by Crippen LogP contribution is -2.33. The first-order valence-electron chi connectivity index (χ1n) is 7.03. The van der Waals surface area contributed by atoms with Gasteiger partial charge in [-0.25, -0.2) is 0 Å². The Labute approximate surface area is 113 Å².